The minimum atomic E-state index is -4.50. The fraction of sp³-hybridized carbons (Fsp3) is 0.333. The molecule has 0 bridgehead atoms. The first-order valence-electron chi connectivity index (χ1n) is 3.95. The molecule has 2 nitrogen and oxygen atoms in total. The van der Waals surface area contributed by atoms with Gasteiger partial charge in [-0.15, -0.1) is 0 Å². The normalized spacial score (nSPS) is 20.8. The van der Waals surface area contributed by atoms with E-state index in [1.807, 2.05) is 5.16 Å². The number of hydrogen-bond acceptors (Lipinski definition) is 3. The van der Waals surface area contributed by atoms with Crippen molar-refractivity contribution in [3.8, 4) is 6.07 Å². The smallest absolute Gasteiger partial charge is 0.198 e. The minimum Gasteiger partial charge on any atom is -0.198 e. The maximum absolute atomic E-state index is 12.5. The second kappa shape index (κ2) is 4.39. The summed E-state index contributed by atoms with van der Waals surface area (Å²) in [6, 6.07) is 1.60. The molecule has 0 saturated carbocycles. The molecule has 0 radical (unpaired) electrons. The SMILES string of the molecule is N#CC1CC=C(N=C=S)C=C1C(F)(F)F. The molecule has 0 amide bonds. The third-order valence-electron chi connectivity index (χ3n) is 1.90. The molecule has 1 aliphatic rings. The molecule has 1 unspecified atom stereocenters. The number of isothiocyanates is 1. The first kappa shape index (κ1) is 11.6. The molecule has 15 heavy (non-hydrogen) atoms. The molecule has 0 heterocycles. The minimum absolute atomic E-state index is 0.00229. The molecule has 0 aromatic carbocycles. The Kier molecular flexibility index (Phi) is 3.40. The van der Waals surface area contributed by atoms with Gasteiger partial charge in [0, 0.05) is 0 Å². The Morgan fingerprint density at radius 3 is 2.67 bits per heavy atom. The van der Waals surface area contributed by atoms with E-state index in [4.69, 9.17) is 5.26 Å². The number of aliphatic imine (C=N–C) groups is 1. The zero-order chi connectivity index (χ0) is 11.5. The van der Waals surface area contributed by atoms with Crippen LogP contribution in [0, 0.1) is 17.2 Å². The predicted octanol–water partition coefficient (Wildman–Crippen LogP) is 3.01. The third kappa shape index (κ3) is 2.75. The lowest BCUT2D eigenvalue weighted by Crippen LogP contribution is -2.21. The quantitative estimate of drug-likeness (QED) is 0.512. The van der Waals surface area contributed by atoms with Crippen LogP contribution in [0.1, 0.15) is 6.42 Å². The summed E-state index contributed by atoms with van der Waals surface area (Å²) in [4.78, 5) is 3.46. The van der Waals surface area contributed by atoms with Gasteiger partial charge in [0.15, 0.2) is 0 Å². The first-order valence-corrected chi connectivity index (χ1v) is 4.36. The predicted molar refractivity (Wildman–Crippen MR) is 51.0 cm³/mol. The van der Waals surface area contributed by atoms with E-state index in [-0.39, 0.29) is 12.1 Å². The van der Waals surface area contributed by atoms with Crippen LogP contribution in [0.5, 0.6) is 0 Å². The standard InChI is InChI=1S/C9H5F3N2S/c10-9(11,12)8-3-7(14-5-15)2-1-6(8)4-13/h2-3,6H,1H2. The van der Waals surface area contributed by atoms with Crippen molar-refractivity contribution >= 4 is 17.4 Å². The van der Waals surface area contributed by atoms with E-state index in [1.54, 1.807) is 6.07 Å². The monoisotopic (exact) mass is 230 g/mol. The average Bonchev–Trinajstić information content (AvgIpc) is 2.17. The molecular formula is C9H5F3N2S. The van der Waals surface area contributed by atoms with Crippen molar-refractivity contribution in [3.63, 3.8) is 0 Å². The van der Waals surface area contributed by atoms with Crippen LogP contribution in [0.4, 0.5) is 13.2 Å². The van der Waals surface area contributed by atoms with E-state index in [0.29, 0.717) is 0 Å². The van der Waals surface area contributed by atoms with Crippen molar-refractivity contribution < 1.29 is 13.2 Å². The van der Waals surface area contributed by atoms with Crippen LogP contribution in [0.15, 0.2) is 28.4 Å². The fourth-order valence-electron chi connectivity index (χ4n) is 1.22. The number of alkyl halides is 3. The maximum Gasteiger partial charge on any atom is 0.414 e. The molecule has 6 heteroatoms. The van der Waals surface area contributed by atoms with E-state index in [1.165, 1.54) is 6.08 Å². The Balaban J connectivity index is 3.11. The molecule has 0 N–H and O–H groups in total. The summed E-state index contributed by atoms with van der Waals surface area (Å²) < 4.78 is 37.4. The van der Waals surface area contributed by atoms with Crippen molar-refractivity contribution in [3.05, 3.63) is 23.4 Å². The number of nitriles is 1. The average molecular weight is 230 g/mol. The Hall–Kier alpha value is -1.44. The van der Waals surface area contributed by atoms with Gasteiger partial charge in [-0.25, -0.2) is 0 Å². The first-order chi connectivity index (χ1) is 6.99. The van der Waals surface area contributed by atoms with Crippen LogP contribution < -0.4 is 0 Å². The van der Waals surface area contributed by atoms with Gasteiger partial charge in [0.05, 0.1) is 28.4 Å². The number of thiocarbonyl (C=S) groups is 1. The summed E-state index contributed by atoms with van der Waals surface area (Å²) in [5.41, 5.74) is -0.777. The molecule has 0 fully saturated rings. The summed E-state index contributed by atoms with van der Waals surface area (Å²) in [6.45, 7) is 0. The molecule has 0 aromatic rings. The number of allylic oxidation sites excluding steroid dienone is 3. The van der Waals surface area contributed by atoms with E-state index in [0.717, 1.165) is 6.08 Å². The van der Waals surface area contributed by atoms with Gasteiger partial charge in [-0.1, -0.05) is 6.08 Å². The van der Waals surface area contributed by atoms with Gasteiger partial charge < -0.3 is 0 Å². The van der Waals surface area contributed by atoms with Crippen molar-refractivity contribution in [1.29, 1.82) is 5.26 Å². The zero-order valence-corrected chi connectivity index (χ0v) is 8.19. The van der Waals surface area contributed by atoms with Crippen molar-refractivity contribution in [2.75, 3.05) is 0 Å². The molecule has 78 valence electrons. The molecule has 0 spiro atoms. The lowest BCUT2D eigenvalue weighted by atomic mass is 9.91. The second-order valence-corrected chi connectivity index (χ2v) is 3.03. The third-order valence-corrected chi connectivity index (χ3v) is 1.99. The van der Waals surface area contributed by atoms with Crippen LogP contribution in [-0.4, -0.2) is 11.3 Å². The van der Waals surface area contributed by atoms with E-state index >= 15 is 0 Å². The van der Waals surface area contributed by atoms with Crippen LogP contribution >= 0.6 is 12.2 Å². The molecule has 0 saturated heterocycles. The summed E-state index contributed by atoms with van der Waals surface area (Å²) in [7, 11) is 0. The summed E-state index contributed by atoms with van der Waals surface area (Å²) in [6.07, 6.45) is -2.24. The van der Waals surface area contributed by atoms with Gasteiger partial charge in [-0.05, 0) is 24.7 Å². The number of nitrogens with zero attached hydrogens (tertiary/aromatic N) is 2. The van der Waals surface area contributed by atoms with Gasteiger partial charge in [0.25, 0.3) is 0 Å². The highest BCUT2D eigenvalue weighted by Crippen LogP contribution is 2.36. The summed E-state index contributed by atoms with van der Waals surface area (Å²) >= 11 is 4.29. The van der Waals surface area contributed by atoms with E-state index in [2.05, 4.69) is 17.2 Å². The molecule has 1 atom stereocenters. The van der Waals surface area contributed by atoms with E-state index in [9.17, 15) is 13.2 Å². The van der Waals surface area contributed by atoms with Gasteiger partial charge in [-0.3, -0.25) is 0 Å². The Morgan fingerprint density at radius 1 is 1.53 bits per heavy atom. The van der Waals surface area contributed by atoms with Crippen molar-refractivity contribution in [2.45, 2.75) is 12.6 Å². The van der Waals surface area contributed by atoms with Crippen molar-refractivity contribution in [2.24, 2.45) is 10.9 Å². The fourth-order valence-corrected chi connectivity index (χ4v) is 1.32. The van der Waals surface area contributed by atoms with Gasteiger partial charge in [-0.2, -0.15) is 23.4 Å². The highest BCUT2D eigenvalue weighted by molar-refractivity contribution is 7.78. The maximum atomic E-state index is 12.5. The molecule has 0 aromatic heterocycles. The molecular weight excluding hydrogens is 225 g/mol. The second-order valence-electron chi connectivity index (χ2n) is 2.85. The van der Waals surface area contributed by atoms with Crippen molar-refractivity contribution in [1.82, 2.24) is 0 Å². The molecule has 1 aliphatic carbocycles. The summed E-state index contributed by atoms with van der Waals surface area (Å²) in [5, 5.41) is 10.5. The Morgan fingerprint density at radius 2 is 2.20 bits per heavy atom. The van der Waals surface area contributed by atoms with Gasteiger partial charge in [0.2, 0.25) is 0 Å². The lowest BCUT2D eigenvalue weighted by molar-refractivity contribution is -0.0971. The number of rotatable bonds is 1. The van der Waals surface area contributed by atoms with Crippen LogP contribution in [-0.2, 0) is 0 Å². The van der Waals surface area contributed by atoms with Crippen LogP contribution in [0.25, 0.3) is 0 Å². The Bertz CT molecular complexity index is 408. The topological polar surface area (TPSA) is 36.1 Å². The highest BCUT2D eigenvalue weighted by Gasteiger charge is 2.39. The molecule has 1 rings (SSSR count). The van der Waals surface area contributed by atoms with Gasteiger partial charge >= 0.3 is 6.18 Å². The Labute approximate surface area is 89.4 Å². The van der Waals surface area contributed by atoms with E-state index < -0.39 is 17.7 Å². The number of hydrogen-bond donors (Lipinski definition) is 0. The zero-order valence-electron chi connectivity index (χ0n) is 7.38. The summed E-state index contributed by atoms with van der Waals surface area (Å²) in [5.74, 6) is -1.16. The lowest BCUT2D eigenvalue weighted by Gasteiger charge is -2.18. The molecule has 0 aliphatic heterocycles. The number of halogens is 3. The van der Waals surface area contributed by atoms with Crippen LogP contribution in [0.2, 0.25) is 0 Å². The van der Waals surface area contributed by atoms with Gasteiger partial charge in [0.1, 0.15) is 0 Å². The highest BCUT2D eigenvalue weighted by atomic mass is 32.1. The van der Waals surface area contributed by atoms with Crippen LogP contribution in [0.3, 0.4) is 0 Å². The largest absolute Gasteiger partial charge is 0.414 e.